The minimum absolute atomic E-state index is 0.476. The molecule has 1 spiro atoms. The number of fused-ring (bicyclic) bond motifs is 11. The van der Waals surface area contributed by atoms with Gasteiger partial charge in [-0.3, -0.25) is 0 Å². The van der Waals surface area contributed by atoms with Crippen molar-refractivity contribution in [2.24, 2.45) is 9.98 Å². The normalized spacial score (nSPS) is 15.4. The molecule has 7 aromatic carbocycles. The van der Waals surface area contributed by atoms with Gasteiger partial charge in [0.25, 0.3) is 0 Å². The summed E-state index contributed by atoms with van der Waals surface area (Å²) in [6.45, 7) is 0. The molecule has 0 radical (unpaired) electrons. The van der Waals surface area contributed by atoms with E-state index in [0.29, 0.717) is 0 Å². The van der Waals surface area contributed by atoms with E-state index < -0.39 is 11.6 Å². The van der Waals surface area contributed by atoms with Crippen LogP contribution in [-0.4, -0.2) is 11.7 Å². The van der Waals surface area contributed by atoms with E-state index in [1.54, 1.807) is 0 Å². The first kappa shape index (κ1) is 28.1. The number of anilines is 1. The largest absolute Gasteiger partial charge is 0.399 e. The van der Waals surface area contributed by atoms with Crippen LogP contribution in [0.4, 0.5) is 5.69 Å². The van der Waals surface area contributed by atoms with Crippen LogP contribution in [-0.2, 0) is 5.41 Å². The van der Waals surface area contributed by atoms with Crippen molar-refractivity contribution in [3.05, 3.63) is 197 Å². The van der Waals surface area contributed by atoms with E-state index in [4.69, 9.17) is 15.7 Å². The number of nitrogen functional groups attached to an aromatic ring is 1. The number of benzene rings is 7. The van der Waals surface area contributed by atoms with Crippen molar-refractivity contribution in [1.82, 2.24) is 5.32 Å². The Labute approximate surface area is 289 Å². The van der Waals surface area contributed by atoms with Gasteiger partial charge in [0.15, 0.2) is 6.17 Å². The molecule has 3 N–H and O–H groups in total. The number of nitrogens with zero attached hydrogens (tertiary/aromatic N) is 2. The van der Waals surface area contributed by atoms with E-state index >= 15 is 0 Å². The van der Waals surface area contributed by atoms with E-state index in [1.807, 2.05) is 30.0 Å². The van der Waals surface area contributed by atoms with Gasteiger partial charge in [-0.25, -0.2) is 9.98 Å². The zero-order valence-corrected chi connectivity index (χ0v) is 27.3. The molecular formula is C44H30N4S. The molecule has 2 aliphatic heterocycles. The highest BCUT2D eigenvalue weighted by atomic mass is 32.2. The topological polar surface area (TPSA) is 62.8 Å². The standard InChI is InChI=1S/C44H30N4S/c45-29-23-24-32-36(25-29)44(34-19-9-11-21-38(34)49-39-22-12-10-20-35(39)44)37-26-33(30-17-7-8-18-31(30)40(32)37)43-47-41(27-13-3-1-4-14-27)46-42(48-43)28-15-5-2-6-16-28/h1-26,43H,45H2,(H,46,47,48). The van der Waals surface area contributed by atoms with Gasteiger partial charge in [-0.2, -0.15) is 0 Å². The molecule has 3 aliphatic rings. The highest BCUT2D eigenvalue weighted by Crippen LogP contribution is 2.63. The molecule has 0 unspecified atom stereocenters. The lowest BCUT2D eigenvalue weighted by Crippen LogP contribution is -2.36. The Hall–Kier alpha value is -5.91. The van der Waals surface area contributed by atoms with Crippen molar-refractivity contribution < 1.29 is 0 Å². The predicted molar refractivity (Wildman–Crippen MR) is 202 cm³/mol. The number of hydrogen-bond donors (Lipinski definition) is 2. The van der Waals surface area contributed by atoms with Crippen LogP contribution >= 0.6 is 11.8 Å². The van der Waals surface area contributed by atoms with Crippen LogP contribution in [0.25, 0.3) is 21.9 Å². The summed E-state index contributed by atoms with van der Waals surface area (Å²) in [5.41, 5.74) is 17.4. The third-order valence-electron chi connectivity index (χ3n) is 10.1. The van der Waals surface area contributed by atoms with Crippen LogP contribution in [0.1, 0.15) is 45.1 Å². The average molecular weight is 647 g/mol. The van der Waals surface area contributed by atoms with Crippen molar-refractivity contribution in [3.63, 3.8) is 0 Å². The second-order valence-corrected chi connectivity index (χ2v) is 13.9. The molecule has 0 saturated heterocycles. The fourth-order valence-electron chi connectivity index (χ4n) is 8.09. The smallest absolute Gasteiger partial charge is 0.170 e. The fourth-order valence-corrected chi connectivity index (χ4v) is 9.28. The number of hydrogen-bond acceptors (Lipinski definition) is 5. The molecule has 0 aromatic heterocycles. The Kier molecular flexibility index (Phi) is 6.21. The Bertz CT molecular complexity index is 2420. The first-order valence-electron chi connectivity index (χ1n) is 16.6. The van der Waals surface area contributed by atoms with E-state index in [-0.39, 0.29) is 0 Å². The predicted octanol–water partition coefficient (Wildman–Crippen LogP) is 9.75. The molecule has 7 aromatic rings. The first-order chi connectivity index (χ1) is 24.2. The monoisotopic (exact) mass is 646 g/mol. The summed E-state index contributed by atoms with van der Waals surface area (Å²) in [5.74, 6) is 1.61. The second-order valence-electron chi connectivity index (χ2n) is 12.8. The van der Waals surface area contributed by atoms with E-state index in [9.17, 15) is 0 Å². The van der Waals surface area contributed by atoms with Gasteiger partial charge < -0.3 is 11.1 Å². The van der Waals surface area contributed by atoms with Gasteiger partial charge in [0.2, 0.25) is 0 Å². The summed E-state index contributed by atoms with van der Waals surface area (Å²) in [5, 5.41) is 5.91. The van der Waals surface area contributed by atoms with Crippen molar-refractivity contribution in [3.8, 4) is 11.1 Å². The molecular weight excluding hydrogens is 617 g/mol. The van der Waals surface area contributed by atoms with Crippen LogP contribution in [0, 0.1) is 0 Å². The molecule has 4 nitrogen and oxygen atoms in total. The molecule has 0 bridgehead atoms. The molecule has 0 atom stereocenters. The Morgan fingerprint density at radius 1 is 0.531 bits per heavy atom. The van der Waals surface area contributed by atoms with Gasteiger partial charge in [-0.15, -0.1) is 0 Å². The van der Waals surface area contributed by atoms with Crippen LogP contribution in [0.2, 0.25) is 0 Å². The Morgan fingerprint density at radius 2 is 1.08 bits per heavy atom. The summed E-state index contributed by atoms with van der Waals surface area (Å²) < 4.78 is 0. The quantitative estimate of drug-likeness (QED) is 0.188. The highest BCUT2D eigenvalue weighted by Gasteiger charge is 2.51. The molecule has 5 heteroatoms. The van der Waals surface area contributed by atoms with Crippen LogP contribution in [0.15, 0.2) is 178 Å². The molecule has 2 heterocycles. The molecule has 10 rings (SSSR count). The van der Waals surface area contributed by atoms with Crippen molar-refractivity contribution in [2.45, 2.75) is 21.4 Å². The molecule has 232 valence electrons. The van der Waals surface area contributed by atoms with Crippen LogP contribution in [0.3, 0.4) is 0 Å². The minimum Gasteiger partial charge on any atom is -0.399 e. The lowest BCUT2D eigenvalue weighted by atomic mass is 9.67. The summed E-state index contributed by atoms with van der Waals surface area (Å²) in [7, 11) is 0. The number of nitrogens with two attached hydrogens (primary N) is 1. The number of amidine groups is 2. The van der Waals surface area contributed by atoms with Crippen molar-refractivity contribution in [2.75, 3.05) is 5.73 Å². The number of aliphatic imine (C=N–C) groups is 2. The number of nitrogens with one attached hydrogen (secondary N) is 1. The van der Waals surface area contributed by atoms with E-state index in [1.165, 1.54) is 48.6 Å². The molecule has 49 heavy (non-hydrogen) atoms. The maximum Gasteiger partial charge on any atom is 0.170 e. The molecule has 0 saturated carbocycles. The average Bonchev–Trinajstić information content (AvgIpc) is 3.45. The SMILES string of the molecule is Nc1ccc2c(c1)C1(c3ccccc3Sc3ccccc31)c1cc(C3N=C(c4ccccc4)NC(c4ccccc4)=N3)c3ccccc3c1-2. The molecule has 0 amide bonds. The zero-order valence-electron chi connectivity index (χ0n) is 26.5. The minimum atomic E-state index is -0.567. The highest BCUT2D eigenvalue weighted by molar-refractivity contribution is 7.99. The third-order valence-corrected chi connectivity index (χ3v) is 11.3. The van der Waals surface area contributed by atoms with Gasteiger partial charge in [0.05, 0.1) is 5.41 Å². The summed E-state index contributed by atoms with van der Waals surface area (Å²) in [4.78, 5) is 13.2. The van der Waals surface area contributed by atoms with Gasteiger partial charge in [-0.05, 0) is 74.5 Å². The van der Waals surface area contributed by atoms with Crippen molar-refractivity contribution in [1.29, 1.82) is 0 Å². The van der Waals surface area contributed by atoms with Gasteiger partial charge >= 0.3 is 0 Å². The maximum absolute atomic E-state index is 6.65. The lowest BCUT2D eigenvalue weighted by molar-refractivity contribution is 0.714. The van der Waals surface area contributed by atoms with Crippen molar-refractivity contribution >= 4 is 39.9 Å². The summed E-state index contributed by atoms with van der Waals surface area (Å²) in [6, 6.07) is 56.0. The van der Waals surface area contributed by atoms with Crippen LogP contribution < -0.4 is 11.1 Å². The van der Waals surface area contributed by atoms with E-state index in [0.717, 1.165) is 39.4 Å². The summed E-state index contributed by atoms with van der Waals surface area (Å²) >= 11 is 1.85. The Balaban J connectivity index is 1.32. The van der Waals surface area contributed by atoms with Gasteiger partial charge in [0, 0.05) is 32.2 Å². The fraction of sp³-hybridized carbons (Fsp3) is 0.0455. The molecule has 1 aliphatic carbocycles. The Morgan fingerprint density at radius 3 is 1.71 bits per heavy atom. The van der Waals surface area contributed by atoms with Crippen LogP contribution in [0.5, 0.6) is 0 Å². The number of rotatable bonds is 3. The molecule has 0 fully saturated rings. The van der Waals surface area contributed by atoms with Gasteiger partial charge in [-0.1, -0.05) is 139 Å². The third kappa shape index (κ3) is 4.12. The summed E-state index contributed by atoms with van der Waals surface area (Å²) in [6.07, 6.45) is -0.476. The van der Waals surface area contributed by atoms with E-state index in [2.05, 4.69) is 145 Å². The first-order valence-corrected chi connectivity index (χ1v) is 17.4. The second kappa shape index (κ2) is 10.8. The lowest BCUT2D eigenvalue weighted by Gasteiger charge is -2.40. The van der Waals surface area contributed by atoms with Gasteiger partial charge in [0.1, 0.15) is 11.7 Å². The zero-order chi connectivity index (χ0) is 32.5. The maximum atomic E-state index is 6.65.